The summed E-state index contributed by atoms with van der Waals surface area (Å²) in [6, 6.07) is 4.46. The predicted molar refractivity (Wildman–Crippen MR) is 138 cm³/mol. The second-order valence-electron chi connectivity index (χ2n) is 9.17. The molecule has 0 saturated carbocycles. The van der Waals surface area contributed by atoms with Crippen molar-refractivity contribution in [3.8, 4) is 0 Å². The van der Waals surface area contributed by atoms with Gasteiger partial charge in [-0.3, -0.25) is 4.99 Å². The van der Waals surface area contributed by atoms with E-state index in [0.717, 1.165) is 34.3 Å². The second kappa shape index (κ2) is 8.85. The minimum atomic E-state index is 0.862. The third-order valence-electron chi connectivity index (χ3n) is 6.78. The lowest BCUT2D eigenvalue weighted by molar-refractivity contribution is 0.896. The van der Waals surface area contributed by atoms with Gasteiger partial charge in [-0.2, -0.15) is 0 Å². The van der Waals surface area contributed by atoms with Crippen LogP contribution in [-0.2, 0) is 7.05 Å². The lowest BCUT2D eigenvalue weighted by Gasteiger charge is -2.12. The summed E-state index contributed by atoms with van der Waals surface area (Å²) >= 11 is 0. The number of aromatic nitrogens is 2. The van der Waals surface area contributed by atoms with Crippen LogP contribution in [0.15, 0.2) is 28.3 Å². The summed E-state index contributed by atoms with van der Waals surface area (Å²) in [5.74, 6) is 0.862. The molecule has 1 heterocycles. The van der Waals surface area contributed by atoms with Crippen LogP contribution in [0, 0.1) is 55.4 Å². The Balaban J connectivity index is 2.06. The van der Waals surface area contributed by atoms with E-state index in [1.807, 2.05) is 31.7 Å². The van der Waals surface area contributed by atoms with E-state index >= 15 is 0 Å². The zero-order chi connectivity index (χ0) is 23.9. The Bertz CT molecular complexity index is 1220. The van der Waals surface area contributed by atoms with Crippen LogP contribution >= 0.6 is 0 Å². The summed E-state index contributed by atoms with van der Waals surface area (Å²) in [4.78, 5) is 14.9. The van der Waals surface area contributed by atoms with Crippen molar-refractivity contribution >= 4 is 22.8 Å². The fourth-order valence-electron chi connectivity index (χ4n) is 4.15. The Kier molecular flexibility index (Phi) is 6.54. The first-order valence-corrected chi connectivity index (χ1v) is 11.2. The SMILES string of the molecule is CC(=Nc1c(C)c(C)cc(C)c1C)c1cn(C)c(C(C)=Nc2c(C)c(C)cc(C)c2C)n1. The summed E-state index contributed by atoms with van der Waals surface area (Å²) in [7, 11) is 2.02. The van der Waals surface area contributed by atoms with Crippen molar-refractivity contribution in [2.24, 2.45) is 17.0 Å². The minimum Gasteiger partial charge on any atom is -0.332 e. The van der Waals surface area contributed by atoms with E-state index in [-0.39, 0.29) is 0 Å². The third kappa shape index (κ3) is 4.32. The zero-order valence-electron chi connectivity index (χ0n) is 21.5. The number of hydrogen-bond acceptors (Lipinski definition) is 3. The smallest absolute Gasteiger partial charge is 0.154 e. The Labute approximate surface area is 193 Å². The van der Waals surface area contributed by atoms with Gasteiger partial charge >= 0.3 is 0 Å². The standard InChI is InChI=1S/C28H36N4/c1-15-12-16(2)20(6)26(19(15)5)29-23(9)25-14-32(11)28(31-25)24(10)30-27-21(7)17(3)13-18(4)22(27)8/h12-14H,1-11H3. The van der Waals surface area contributed by atoms with E-state index in [2.05, 4.69) is 67.5 Å². The number of rotatable bonds is 4. The van der Waals surface area contributed by atoms with Crippen LogP contribution in [0.3, 0.4) is 0 Å². The van der Waals surface area contributed by atoms with Gasteiger partial charge in [0, 0.05) is 13.2 Å². The van der Waals surface area contributed by atoms with Crippen LogP contribution in [0.5, 0.6) is 0 Å². The van der Waals surface area contributed by atoms with Crippen molar-refractivity contribution in [2.75, 3.05) is 0 Å². The maximum Gasteiger partial charge on any atom is 0.154 e. The van der Waals surface area contributed by atoms with E-state index < -0.39 is 0 Å². The molecule has 0 spiro atoms. The molecular weight excluding hydrogens is 392 g/mol. The largest absolute Gasteiger partial charge is 0.332 e. The highest BCUT2D eigenvalue weighted by atomic mass is 15.1. The van der Waals surface area contributed by atoms with Gasteiger partial charge in [0.15, 0.2) is 5.82 Å². The van der Waals surface area contributed by atoms with E-state index in [0.29, 0.717) is 0 Å². The Morgan fingerprint density at radius 3 is 1.44 bits per heavy atom. The number of hydrogen-bond donors (Lipinski definition) is 0. The molecule has 2 aromatic carbocycles. The molecular formula is C28H36N4. The molecule has 0 saturated heterocycles. The number of aryl methyl sites for hydroxylation is 5. The molecule has 168 valence electrons. The van der Waals surface area contributed by atoms with Gasteiger partial charge in [-0.05, 0) is 114 Å². The molecule has 0 bridgehead atoms. The number of imidazole rings is 1. The lowest BCUT2D eigenvalue weighted by atomic mass is 9.99. The number of benzene rings is 2. The monoisotopic (exact) mass is 428 g/mol. The van der Waals surface area contributed by atoms with Gasteiger partial charge in [-0.25, -0.2) is 9.98 Å². The first-order valence-electron chi connectivity index (χ1n) is 11.2. The van der Waals surface area contributed by atoms with Gasteiger partial charge in [-0.15, -0.1) is 0 Å². The molecule has 0 aliphatic carbocycles. The predicted octanol–water partition coefficient (Wildman–Crippen LogP) is 7.17. The average molecular weight is 429 g/mol. The third-order valence-corrected chi connectivity index (χ3v) is 6.78. The second-order valence-corrected chi connectivity index (χ2v) is 9.17. The molecule has 3 aromatic rings. The topological polar surface area (TPSA) is 42.5 Å². The van der Waals surface area contributed by atoms with Gasteiger partial charge in [-0.1, -0.05) is 12.1 Å². The van der Waals surface area contributed by atoms with Crippen molar-refractivity contribution in [2.45, 2.75) is 69.2 Å². The summed E-state index contributed by atoms with van der Waals surface area (Å²) in [6.45, 7) is 21.2. The maximum absolute atomic E-state index is 5.01. The van der Waals surface area contributed by atoms with Crippen molar-refractivity contribution in [1.29, 1.82) is 0 Å². The zero-order valence-corrected chi connectivity index (χ0v) is 21.5. The molecule has 0 atom stereocenters. The van der Waals surface area contributed by atoms with Crippen LogP contribution in [0.1, 0.15) is 69.9 Å². The molecule has 0 aliphatic heterocycles. The van der Waals surface area contributed by atoms with Crippen LogP contribution < -0.4 is 0 Å². The van der Waals surface area contributed by atoms with E-state index in [1.54, 1.807) is 0 Å². The molecule has 0 radical (unpaired) electrons. The van der Waals surface area contributed by atoms with Crippen molar-refractivity contribution in [3.63, 3.8) is 0 Å². The van der Waals surface area contributed by atoms with Gasteiger partial charge in [0.05, 0.1) is 22.8 Å². The molecule has 0 N–H and O–H groups in total. The van der Waals surface area contributed by atoms with Gasteiger partial charge in [0.1, 0.15) is 5.69 Å². The molecule has 0 amide bonds. The number of nitrogens with zero attached hydrogens (tertiary/aromatic N) is 4. The molecule has 0 unspecified atom stereocenters. The van der Waals surface area contributed by atoms with Crippen LogP contribution in [0.25, 0.3) is 0 Å². The first-order chi connectivity index (χ1) is 14.9. The van der Waals surface area contributed by atoms with Gasteiger partial charge in [0.2, 0.25) is 0 Å². The fourth-order valence-corrected chi connectivity index (χ4v) is 4.15. The van der Waals surface area contributed by atoms with E-state index in [9.17, 15) is 0 Å². The van der Waals surface area contributed by atoms with Crippen molar-refractivity contribution in [1.82, 2.24) is 9.55 Å². The summed E-state index contributed by atoms with van der Waals surface area (Å²) in [6.07, 6.45) is 2.04. The highest BCUT2D eigenvalue weighted by molar-refractivity contribution is 6.02. The Hall–Kier alpha value is -3.01. The van der Waals surface area contributed by atoms with Crippen LogP contribution in [-0.4, -0.2) is 21.0 Å². The summed E-state index contributed by atoms with van der Waals surface area (Å²) in [5.41, 5.74) is 14.8. The minimum absolute atomic E-state index is 0.862. The highest BCUT2D eigenvalue weighted by Gasteiger charge is 2.14. The Morgan fingerprint density at radius 1 is 0.656 bits per heavy atom. The van der Waals surface area contributed by atoms with E-state index in [1.165, 1.54) is 44.5 Å². The van der Waals surface area contributed by atoms with E-state index in [4.69, 9.17) is 15.0 Å². The van der Waals surface area contributed by atoms with Crippen LogP contribution in [0.2, 0.25) is 0 Å². The maximum atomic E-state index is 5.01. The Morgan fingerprint density at radius 2 is 1.03 bits per heavy atom. The van der Waals surface area contributed by atoms with Crippen molar-refractivity contribution < 1.29 is 0 Å². The molecule has 3 rings (SSSR count). The molecule has 0 fully saturated rings. The molecule has 4 heteroatoms. The number of aliphatic imine (C=N–C) groups is 2. The lowest BCUT2D eigenvalue weighted by Crippen LogP contribution is -2.05. The molecule has 1 aromatic heterocycles. The van der Waals surface area contributed by atoms with Gasteiger partial charge < -0.3 is 4.57 Å². The van der Waals surface area contributed by atoms with Crippen molar-refractivity contribution in [3.05, 3.63) is 74.4 Å². The quantitative estimate of drug-likeness (QED) is 0.406. The van der Waals surface area contributed by atoms with Gasteiger partial charge in [0.25, 0.3) is 0 Å². The summed E-state index contributed by atoms with van der Waals surface area (Å²) in [5, 5.41) is 0. The fraction of sp³-hybridized carbons (Fsp3) is 0.393. The normalized spacial score (nSPS) is 12.6. The molecule has 0 aliphatic rings. The molecule has 4 nitrogen and oxygen atoms in total. The highest BCUT2D eigenvalue weighted by Crippen LogP contribution is 2.31. The average Bonchev–Trinajstić information content (AvgIpc) is 3.13. The molecule has 32 heavy (non-hydrogen) atoms. The first kappa shape index (κ1) is 23.6. The van der Waals surface area contributed by atoms with Crippen LogP contribution in [0.4, 0.5) is 11.4 Å². The summed E-state index contributed by atoms with van der Waals surface area (Å²) < 4.78 is 2.04.